The number of unbranched alkanes of at least 4 members (excludes halogenated alkanes) is 2. The molecule has 0 saturated carbocycles. The van der Waals surface area contributed by atoms with E-state index in [1.54, 1.807) is 0 Å². The maximum Gasteiger partial charge on any atom is 0.240 e. The number of ether oxygens (including phenoxy) is 2. The molecular weight excluding hydrogens is 294 g/mol. The standard InChI is InChI=1S/C14H23NO5S/c1-4-5-6-7-15-21(17,18)12-8-11(10-16)14(20-3)13(9-12)19-2/h8-9,15-16H,4-7,10H2,1-3H3. The van der Waals surface area contributed by atoms with Crippen molar-refractivity contribution in [2.24, 2.45) is 0 Å². The average Bonchev–Trinajstić information content (AvgIpc) is 2.49. The van der Waals surface area contributed by atoms with Gasteiger partial charge in [0.2, 0.25) is 10.0 Å². The van der Waals surface area contributed by atoms with E-state index in [0.717, 1.165) is 19.3 Å². The van der Waals surface area contributed by atoms with Crippen LogP contribution in [0.2, 0.25) is 0 Å². The van der Waals surface area contributed by atoms with Crippen molar-refractivity contribution in [3.63, 3.8) is 0 Å². The summed E-state index contributed by atoms with van der Waals surface area (Å²) in [6.45, 7) is 2.11. The minimum absolute atomic E-state index is 0.0562. The molecule has 0 saturated heterocycles. The minimum Gasteiger partial charge on any atom is -0.493 e. The maximum absolute atomic E-state index is 12.2. The summed E-state index contributed by atoms with van der Waals surface area (Å²) in [5.74, 6) is 0.614. The summed E-state index contributed by atoms with van der Waals surface area (Å²) in [7, 11) is -0.768. The Hall–Kier alpha value is -1.31. The molecule has 0 atom stereocenters. The van der Waals surface area contributed by atoms with Gasteiger partial charge in [0.05, 0.1) is 25.7 Å². The Morgan fingerprint density at radius 2 is 1.90 bits per heavy atom. The molecule has 0 heterocycles. The minimum atomic E-state index is -3.63. The molecule has 0 spiro atoms. The highest BCUT2D eigenvalue weighted by molar-refractivity contribution is 7.89. The number of hydrogen-bond donors (Lipinski definition) is 2. The third-order valence-electron chi connectivity index (χ3n) is 3.08. The number of methoxy groups -OCH3 is 2. The monoisotopic (exact) mass is 317 g/mol. The van der Waals surface area contributed by atoms with Gasteiger partial charge in [0.15, 0.2) is 11.5 Å². The largest absolute Gasteiger partial charge is 0.493 e. The van der Waals surface area contributed by atoms with E-state index in [9.17, 15) is 13.5 Å². The average molecular weight is 317 g/mol. The van der Waals surface area contributed by atoms with E-state index in [2.05, 4.69) is 11.6 Å². The number of aliphatic hydroxyl groups excluding tert-OH is 1. The fraction of sp³-hybridized carbons (Fsp3) is 0.571. The van der Waals surface area contributed by atoms with Crippen LogP contribution in [0.1, 0.15) is 31.7 Å². The molecule has 7 heteroatoms. The Morgan fingerprint density at radius 3 is 2.43 bits per heavy atom. The summed E-state index contributed by atoms with van der Waals surface area (Å²) in [5.41, 5.74) is 0.366. The second-order valence-corrected chi connectivity index (χ2v) is 6.35. The Balaban J connectivity index is 3.06. The van der Waals surface area contributed by atoms with E-state index in [1.807, 2.05) is 0 Å². The van der Waals surface area contributed by atoms with Crippen molar-refractivity contribution in [3.05, 3.63) is 17.7 Å². The summed E-state index contributed by atoms with van der Waals surface area (Å²) in [6.07, 6.45) is 2.78. The second kappa shape index (κ2) is 8.21. The van der Waals surface area contributed by atoms with E-state index in [1.165, 1.54) is 26.4 Å². The summed E-state index contributed by atoms with van der Waals surface area (Å²) >= 11 is 0. The topological polar surface area (TPSA) is 84.9 Å². The fourth-order valence-electron chi connectivity index (χ4n) is 1.95. The SMILES string of the molecule is CCCCCNS(=O)(=O)c1cc(CO)c(OC)c(OC)c1. The zero-order valence-corrected chi connectivity index (χ0v) is 13.5. The number of nitrogens with one attached hydrogen (secondary N) is 1. The van der Waals surface area contributed by atoms with Crippen LogP contribution in [0.5, 0.6) is 11.5 Å². The molecule has 0 aliphatic rings. The Labute approximate surface area is 126 Å². The smallest absolute Gasteiger partial charge is 0.240 e. The first-order chi connectivity index (χ1) is 10.00. The lowest BCUT2D eigenvalue weighted by Gasteiger charge is -2.14. The molecule has 0 radical (unpaired) electrons. The van der Waals surface area contributed by atoms with Gasteiger partial charge >= 0.3 is 0 Å². The van der Waals surface area contributed by atoms with E-state index in [4.69, 9.17) is 9.47 Å². The molecule has 1 rings (SSSR count). The number of hydrogen-bond acceptors (Lipinski definition) is 5. The van der Waals surface area contributed by atoms with Gasteiger partial charge in [-0.1, -0.05) is 19.8 Å². The number of aliphatic hydroxyl groups is 1. The summed E-state index contributed by atoms with van der Waals surface area (Å²) in [4.78, 5) is 0.0562. The molecule has 0 unspecified atom stereocenters. The summed E-state index contributed by atoms with van der Waals surface area (Å²) in [6, 6.07) is 2.78. The highest BCUT2D eigenvalue weighted by Crippen LogP contribution is 2.34. The van der Waals surface area contributed by atoms with Crippen LogP contribution in [-0.4, -0.2) is 34.3 Å². The Kier molecular flexibility index (Phi) is 6.94. The van der Waals surface area contributed by atoms with Crippen LogP contribution in [0.4, 0.5) is 0 Å². The van der Waals surface area contributed by atoms with Crippen LogP contribution >= 0.6 is 0 Å². The van der Waals surface area contributed by atoms with Gasteiger partial charge in [0.1, 0.15) is 0 Å². The lowest BCUT2D eigenvalue weighted by Crippen LogP contribution is -2.25. The number of benzene rings is 1. The van der Waals surface area contributed by atoms with Gasteiger partial charge in [-0.05, 0) is 12.5 Å². The van der Waals surface area contributed by atoms with Crippen LogP contribution in [0.15, 0.2) is 17.0 Å². The zero-order valence-electron chi connectivity index (χ0n) is 12.7. The zero-order chi connectivity index (χ0) is 15.9. The van der Waals surface area contributed by atoms with E-state index >= 15 is 0 Å². The number of rotatable bonds is 9. The number of sulfonamides is 1. The first kappa shape index (κ1) is 17.7. The van der Waals surface area contributed by atoms with Crippen molar-refractivity contribution in [1.29, 1.82) is 0 Å². The molecule has 0 amide bonds. The molecule has 1 aromatic rings. The quantitative estimate of drug-likeness (QED) is 0.677. The highest BCUT2D eigenvalue weighted by Gasteiger charge is 2.19. The lowest BCUT2D eigenvalue weighted by atomic mass is 10.2. The van der Waals surface area contributed by atoms with Crippen LogP contribution in [0.3, 0.4) is 0 Å². The van der Waals surface area contributed by atoms with Gasteiger partial charge in [-0.3, -0.25) is 0 Å². The van der Waals surface area contributed by atoms with Gasteiger partial charge < -0.3 is 14.6 Å². The second-order valence-electron chi connectivity index (χ2n) is 4.58. The molecule has 0 aliphatic carbocycles. The summed E-state index contributed by atoms with van der Waals surface area (Å²) in [5, 5.41) is 9.35. The van der Waals surface area contributed by atoms with Crippen molar-refractivity contribution in [2.75, 3.05) is 20.8 Å². The fourth-order valence-corrected chi connectivity index (χ4v) is 3.09. The Morgan fingerprint density at radius 1 is 1.19 bits per heavy atom. The van der Waals surface area contributed by atoms with Crippen LogP contribution in [0, 0.1) is 0 Å². The van der Waals surface area contributed by atoms with Gasteiger partial charge in [0, 0.05) is 18.2 Å². The van der Waals surface area contributed by atoms with Gasteiger partial charge in [-0.15, -0.1) is 0 Å². The van der Waals surface area contributed by atoms with E-state index in [-0.39, 0.29) is 17.3 Å². The van der Waals surface area contributed by atoms with Gasteiger partial charge in [-0.25, -0.2) is 13.1 Å². The van der Waals surface area contributed by atoms with Gasteiger partial charge in [-0.2, -0.15) is 0 Å². The van der Waals surface area contributed by atoms with Crippen molar-refractivity contribution in [3.8, 4) is 11.5 Å². The Bertz CT molecular complexity index is 531. The van der Waals surface area contributed by atoms with E-state index < -0.39 is 10.0 Å². The molecule has 0 aromatic heterocycles. The normalized spacial score (nSPS) is 11.4. The molecule has 0 aliphatic heterocycles. The molecular formula is C14H23NO5S. The summed E-state index contributed by atoms with van der Waals surface area (Å²) < 4.78 is 37.3. The van der Waals surface area contributed by atoms with Crippen molar-refractivity contribution < 1.29 is 23.0 Å². The first-order valence-electron chi connectivity index (χ1n) is 6.85. The van der Waals surface area contributed by atoms with Crippen LogP contribution < -0.4 is 14.2 Å². The lowest BCUT2D eigenvalue weighted by molar-refractivity contribution is 0.269. The van der Waals surface area contributed by atoms with Crippen molar-refractivity contribution in [2.45, 2.75) is 37.7 Å². The van der Waals surface area contributed by atoms with Crippen molar-refractivity contribution in [1.82, 2.24) is 4.72 Å². The molecule has 2 N–H and O–H groups in total. The van der Waals surface area contributed by atoms with Gasteiger partial charge in [0.25, 0.3) is 0 Å². The van der Waals surface area contributed by atoms with Crippen molar-refractivity contribution >= 4 is 10.0 Å². The molecule has 1 aromatic carbocycles. The molecule has 120 valence electrons. The molecule has 0 bridgehead atoms. The predicted octanol–water partition coefficient (Wildman–Crippen LogP) is 1.66. The maximum atomic E-state index is 12.2. The van der Waals surface area contributed by atoms with Crippen LogP contribution in [-0.2, 0) is 16.6 Å². The third-order valence-corrected chi connectivity index (χ3v) is 4.52. The molecule has 21 heavy (non-hydrogen) atoms. The molecule has 0 fully saturated rings. The third kappa shape index (κ3) is 4.59. The predicted molar refractivity (Wildman–Crippen MR) is 80.2 cm³/mol. The van der Waals surface area contributed by atoms with Crippen LogP contribution in [0.25, 0.3) is 0 Å². The highest BCUT2D eigenvalue weighted by atomic mass is 32.2. The first-order valence-corrected chi connectivity index (χ1v) is 8.33. The van der Waals surface area contributed by atoms with E-state index in [0.29, 0.717) is 17.9 Å². The molecule has 6 nitrogen and oxygen atoms in total.